The van der Waals surface area contributed by atoms with E-state index in [9.17, 15) is 9.59 Å². The monoisotopic (exact) mass is 328 g/mol. The van der Waals surface area contributed by atoms with Crippen LogP contribution in [0, 0.1) is 0 Å². The summed E-state index contributed by atoms with van der Waals surface area (Å²) < 4.78 is 1.42. The van der Waals surface area contributed by atoms with Crippen molar-refractivity contribution in [1.29, 1.82) is 0 Å². The molecule has 2 aromatic heterocycles. The number of nitrogens with one attached hydrogen (secondary N) is 1. The van der Waals surface area contributed by atoms with Gasteiger partial charge in [0, 0.05) is 42.9 Å². The number of nitrogens with zero attached hydrogens (tertiary/aromatic N) is 3. The average Bonchev–Trinajstić information content (AvgIpc) is 2.91. The number of rotatable bonds is 1. The van der Waals surface area contributed by atoms with Crippen LogP contribution in [0.25, 0.3) is 4.96 Å². The third-order valence-corrected chi connectivity index (χ3v) is 4.64. The van der Waals surface area contributed by atoms with E-state index in [4.69, 9.17) is 0 Å². The number of hydrogen-bond acceptors (Lipinski definition) is 5. The summed E-state index contributed by atoms with van der Waals surface area (Å²) in [5, 5.41) is 5.10. The Kier molecular flexibility index (Phi) is 4.65. The van der Waals surface area contributed by atoms with Crippen LogP contribution in [0.1, 0.15) is 24.2 Å². The van der Waals surface area contributed by atoms with Gasteiger partial charge in [0.05, 0.1) is 0 Å². The number of amides is 1. The van der Waals surface area contributed by atoms with Crippen molar-refractivity contribution in [2.75, 3.05) is 13.1 Å². The fourth-order valence-electron chi connectivity index (χ4n) is 2.47. The quantitative estimate of drug-likeness (QED) is 0.848. The van der Waals surface area contributed by atoms with Crippen molar-refractivity contribution < 1.29 is 4.79 Å². The predicted molar refractivity (Wildman–Crippen MR) is 84.6 cm³/mol. The SMILES string of the molecule is CC1NCCN(C(=O)c2cnc3sccn3c2=O)C1C.Cl. The van der Waals surface area contributed by atoms with Crippen molar-refractivity contribution in [3.63, 3.8) is 0 Å². The van der Waals surface area contributed by atoms with Gasteiger partial charge in [-0.3, -0.25) is 14.0 Å². The molecule has 0 saturated carbocycles. The number of hydrogen-bond donors (Lipinski definition) is 1. The Balaban J connectivity index is 0.00000161. The van der Waals surface area contributed by atoms with Gasteiger partial charge >= 0.3 is 0 Å². The Labute approximate surface area is 132 Å². The fourth-order valence-corrected chi connectivity index (χ4v) is 3.14. The van der Waals surface area contributed by atoms with Crippen LogP contribution in [0.2, 0.25) is 0 Å². The molecule has 1 N–H and O–H groups in total. The molecule has 1 aliphatic heterocycles. The molecule has 8 heteroatoms. The lowest BCUT2D eigenvalue weighted by atomic mass is 10.1. The second-order valence-corrected chi connectivity index (χ2v) is 5.89. The summed E-state index contributed by atoms with van der Waals surface area (Å²) in [7, 11) is 0. The highest BCUT2D eigenvalue weighted by atomic mass is 35.5. The van der Waals surface area contributed by atoms with E-state index in [0.717, 1.165) is 6.54 Å². The molecule has 2 unspecified atom stereocenters. The highest BCUT2D eigenvalue weighted by molar-refractivity contribution is 7.15. The van der Waals surface area contributed by atoms with Crippen LogP contribution in [-0.4, -0.2) is 45.4 Å². The van der Waals surface area contributed by atoms with E-state index in [-0.39, 0.29) is 41.5 Å². The molecule has 0 aliphatic carbocycles. The van der Waals surface area contributed by atoms with Gasteiger partial charge in [0.25, 0.3) is 11.5 Å². The maximum absolute atomic E-state index is 12.6. The summed E-state index contributed by atoms with van der Waals surface area (Å²) in [6.07, 6.45) is 3.05. The summed E-state index contributed by atoms with van der Waals surface area (Å²) in [6.45, 7) is 5.38. The van der Waals surface area contributed by atoms with Crippen molar-refractivity contribution in [2.45, 2.75) is 25.9 Å². The lowest BCUT2D eigenvalue weighted by Gasteiger charge is -2.38. The Morgan fingerprint density at radius 3 is 3.00 bits per heavy atom. The van der Waals surface area contributed by atoms with Crippen molar-refractivity contribution >= 4 is 34.6 Å². The molecule has 1 aliphatic rings. The van der Waals surface area contributed by atoms with Crippen LogP contribution < -0.4 is 10.9 Å². The standard InChI is InChI=1S/C13H16N4O2S.ClH/c1-8-9(2)16(4-3-14-8)11(18)10-7-15-13-17(12(10)19)5-6-20-13;/h5-9,14H,3-4H2,1-2H3;1H. The Hall–Kier alpha value is -1.44. The summed E-state index contributed by atoms with van der Waals surface area (Å²) in [5.74, 6) is -0.232. The van der Waals surface area contributed by atoms with Gasteiger partial charge in [0.1, 0.15) is 5.56 Å². The van der Waals surface area contributed by atoms with Gasteiger partial charge in [-0.1, -0.05) is 0 Å². The number of halogens is 1. The highest BCUT2D eigenvalue weighted by Crippen LogP contribution is 2.13. The molecular weight excluding hydrogens is 312 g/mol. The lowest BCUT2D eigenvalue weighted by Crippen LogP contribution is -2.57. The van der Waals surface area contributed by atoms with E-state index >= 15 is 0 Å². The number of piperazine rings is 1. The van der Waals surface area contributed by atoms with Crippen LogP contribution in [0.15, 0.2) is 22.6 Å². The molecule has 1 amide bonds. The van der Waals surface area contributed by atoms with Gasteiger partial charge in [-0.05, 0) is 13.8 Å². The molecule has 0 bridgehead atoms. The number of thiazole rings is 1. The van der Waals surface area contributed by atoms with Crippen LogP contribution in [0.4, 0.5) is 0 Å². The molecule has 3 rings (SSSR count). The van der Waals surface area contributed by atoms with E-state index in [1.807, 2.05) is 13.8 Å². The molecular formula is C13H17ClN4O2S. The number of carbonyl (C=O) groups excluding carboxylic acids is 1. The van der Waals surface area contributed by atoms with Gasteiger partial charge in [0.15, 0.2) is 4.96 Å². The zero-order valence-electron chi connectivity index (χ0n) is 11.8. The summed E-state index contributed by atoms with van der Waals surface area (Å²) in [5.41, 5.74) is -0.151. The first-order valence-corrected chi connectivity index (χ1v) is 7.47. The highest BCUT2D eigenvalue weighted by Gasteiger charge is 2.30. The van der Waals surface area contributed by atoms with E-state index in [1.54, 1.807) is 16.5 Å². The molecule has 114 valence electrons. The normalized spacial score (nSPS) is 22.1. The first-order valence-electron chi connectivity index (χ1n) is 6.59. The minimum absolute atomic E-state index is 0. The molecule has 2 atom stereocenters. The van der Waals surface area contributed by atoms with Gasteiger partial charge in [-0.25, -0.2) is 4.98 Å². The third kappa shape index (κ3) is 2.68. The van der Waals surface area contributed by atoms with Crippen LogP contribution in [0.5, 0.6) is 0 Å². The van der Waals surface area contributed by atoms with Crippen LogP contribution in [0.3, 0.4) is 0 Å². The van der Waals surface area contributed by atoms with Crippen molar-refractivity contribution in [3.8, 4) is 0 Å². The van der Waals surface area contributed by atoms with Crippen LogP contribution >= 0.6 is 23.7 Å². The number of aromatic nitrogens is 2. The zero-order valence-corrected chi connectivity index (χ0v) is 13.4. The molecule has 21 heavy (non-hydrogen) atoms. The lowest BCUT2D eigenvalue weighted by molar-refractivity contribution is 0.0600. The number of carbonyl (C=O) groups is 1. The molecule has 2 aromatic rings. The first-order chi connectivity index (χ1) is 9.59. The Morgan fingerprint density at radius 1 is 1.48 bits per heavy atom. The predicted octanol–water partition coefficient (Wildman–Crippen LogP) is 1.00. The van der Waals surface area contributed by atoms with Crippen LogP contribution in [-0.2, 0) is 0 Å². The summed E-state index contributed by atoms with van der Waals surface area (Å²) in [6, 6.07) is 0.270. The third-order valence-electron chi connectivity index (χ3n) is 3.87. The minimum Gasteiger partial charge on any atom is -0.333 e. The average molecular weight is 329 g/mol. The maximum Gasteiger partial charge on any atom is 0.271 e. The molecule has 3 heterocycles. The molecule has 6 nitrogen and oxygen atoms in total. The van der Waals surface area contributed by atoms with Crippen molar-refractivity contribution in [3.05, 3.63) is 33.7 Å². The summed E-state index contributed by atoms with van der Waals surface area (Å²) in [4.78, 5) is 31.5. The van der Waals surface area contributed by atoms with E-state index in [1.165, 1.54) is 21.9 Å². The second-order valence-electron chi connectivity index (χ2n) is 5.01. The van der Waals surface area contributed by atoms with Gasteiger partial charge in [0.2, 0.25) is 0 Å². The van der Waals surface area contributed by atoms with Gasteiger partial charge in [-0.15, -0.1) is 23.7 Å². The maximum atomic E-state index is 12.6. The molecule has 1 saturated heterocycles. The van der Waals surface area contributed by atoms with Crippen molar-refractivity contribution in [1.82, 2.24) is 19.6 Å². The molecule has 0 aromatic carbocycles. The van der Waals surface area contributed by atoms with E-state index in [2.05, 4.69) is 10.3 Å². The molecule has 0 radical (unpaired) electrons. The Morgan fingerprint density at radius 2 is 2.24 bits per heavy atom. The van der Waals surface area contributed by atoms with Gasteiger partial charge in [-0.2, -0.15) is 0 Å². The summed E-state index contributed by atoms with van der Waals surface area (Å²) >= 11 is 1.38. The number of fused-ring (bicyclic) bond motifs is 1. The first kappa shape index (κ1) is 15.9. The van der Waals surface area contributed by atoms with Crippen molar-refractivity contribution in [2.24, 2.45) is 0 Å². The molecule has 1 fully saturated rings. The zero-order chi connectivity index (χ0) is 14.3. The molecule has 0 spiro atoms. The topological polar surface area (TPSA) is 66.7 Å². The van der Waals surface area contributed by atoms with E-state index in [0.29, 0.717) is 11.5 Å². The smallest absolute Gasteiger partial charge is 0.271 e. The van der Waals surface area contributed by atoms with Gasteiger partial charge < -0.3 is 10.2 Å². The fraction of sp³-hybridized carbons (Fsp3) is 0.462. The largest absolute Gasteiger partial charge is 0.333 e. The Bertz CT molecular complexity index is 714. The second kappa shape index (κ2) is 6.13. The van der Waals surface area contributed by atoms with E-state index < -0.39 is 0 Å². The minimum atomic E-state index is -0.292.